The van der Waals surface area contributed by atoms with E-state index in [0.29, 0.717) is 23.7 Å². The number of oxazole rings is 1. The minimum atomic E-state index is -0.477. The molecule has 7 heteroatoms. The van der Waals surface area contributed by atoms with Gasteiger partial charge in [-0.05, 0) is 37.1 Å². The van der Waals surface area contributed by atoms with Crippen molar-refractivity contribution in [2.75, 3.05) is 31.8 Å². The lowest BCUT2D eigenvalue weighted by atomic mass is 9.97. The number of likely N-dealkylation sites (tertiary alicyclic amines) is 1. The second-order valence-corrected chi connectivity index (χ2v) is 7.50. The van der Waals surface area contributed by atoms with Crippen LogP contribution in [-0.4, -0.2) is 48.4 Å². The summed E-state index contributed by atoms with van der Waals surface area (Å²) in [7, 11) is 1.57. The van der Waals surface area contributed by atoms with Crippen molar-refractivity contribution in [2.45, 2.75) is 18.8 Å². The number of nitrogens with zero attached hydrogens (tertiary/aromatic N) is 3. The van der Waals surface area contributed by atoms with Crippen LogP contribution in [0.4, 0.5) is 5.69 Å². The molecule has 5 rings (SSSR count). The third-order valence-corrected chi connectivity index (χ3v) is 5.77. The van der Waals surface area contributed by atoms with Crippen molar-refractivity contribution in [3.63, 3.8) is 0 Å². The highest BCUT2D eigenvalue weighted by Gasteiger charge is 2.37. The Bertz CT molecular complexity index is 1070. The van der Waals surface area contributed by atoms with Gasteiger partial charge in [0, 0.05) is 25.1 Å². The minimum absolute atomic E-state index is 0.266. The quantitative estimate of drug-likeness (QED) is 0.636. The third-order valence-electron chi connectivity index (χ3n) is 5.77. The number of amides is 1. The van der Waals surface area contributed by atoms with Crippen LogP contribution < -0.4 is 9.64 Å². The van der Waals surface area contributed by atoms with Crippen molar-refractivity contribution in [3.05, 3.63) is 53.9 Å². The number of piperidine rings is 1. The van der Waals surface area contributed by atoms with Crippen molar-refractivity contribution < 1.29 is 18.7 Å². The van der Waals surface area contributed by atoms with Crippen LogP contribution in [0.5, 0.6) is 5.75 Å². The van der Waals surface area contributed by atoms with Crippen molar-refractivity contribution in [2.24, 2.45) is 0 Å². The van der Waals surface area contributed by atoms with Crippen molar-refractivity contribution in [3.8, 4) is 5.75 Å². The van der Waals surface area contributed by atoms with Crippen LogP contribution in [0.15, 0.2) is 46.9 Å². The molecule has 148 valence electrons. The van der Waals surface area contributed by atoms with Crippen LogP contribution in [0.3, 0.4) is 0 Å². The number of hydrogen-bond acceptors (Lipinski definition) is 6. The fourth-order valence-corrected chi connectivity index (χ4v) is 4.13. The van der Waals surface area contributed by atoms with Crippen LogP contribution >= 0.6 is 0 Å². The van der Waals surface area contributed by atoms with E-state index in [0.717, 1.165) is 42.9 Å². The van der Waals surface area contributed by atoms with Crippen molar-refractivity contribution in [1.82, 2.24) is 9.88 Å². The van der Waals surface area contributed by atoms with E-state index in [1.807, 2.05) is 24.3 Å². The minimum Gasteiger partial charge on any atom is -0.497 e. The molecule has 0 atom stereocenters. The number of ether oxygens (including phenoxy) is 1. The molecule has 1 saturated heterocycles. The van der Waals surface area contributed by atoms with Gasteiger partial charge in [0.25, 0.3) is 5.78 Å². The molecule has 0 unspecified atom stereocenters. The van der Waals surface area contributed by atoms with Crippen molar-refractivity contribution in [1.29, 1.82) is 0 Å². The summed E-state index contributed by atoms with van der Waals surface area (Å²) in [6, 6.07) is 12.9. The molecule has 2 aliphatic rings. The molecule has 7 nitrogen and oxygen atoms in total. The summed E-state index contributed by atoms with van der Waals surface area (Å²) in [6.07, 6.45) is 1.79. The number of fused-ring (bicyclic) bond motifs is 2. The zero-order valence-corrected chi connectivity index (χ0v) is 16.1. The topological polar surface area (TPSA) is 75.9 Å². The van der Waals surface area contributed by atoms with E-state index >= 15 is 0 Å². The van der Waals surface area contributed by atoms with Crippen molar-refractivity contribution >= 4 is 28.5 Å². The molecular formula is C22H21N3O4. The van der Waals surface area contributed by atoms with Crippen LogP contribution in [-0.2, 0) is 4.79 Å². The molecule has 0 bridgehead atoms. The number of aromatic nitrogens is 1. The number of rotatable bonds is 4. The number of hydrogen-bond donors (Lipinski definition) is 0. The van der Waals surface area contributed by atoms with E-state index in [1.165, 1.54) is 0 Å². The summed E-state index contributed by atoms with van der Waals surface area (Å²) in [5, 5.41) is 0. The van der Waals surface area contributed by atoms with Crippen LogP contribution in [0.1, 0.15) is 35.0 Å². The average Bonchev–Trinajstić information content (AvgIpc) is 3.29. The monoisotopic (exact) mass is 391 g/mol. The Morgan fingerprint density at radius 1 is 1.14 bits per heavy atom. The number of carbonyl (C=O) groups excluding carboxylic acids is 2. The molecule has 1 amide bonds. The fraction of sp³-hybridized carbons (Fsp3) is 0.318. The Kier molecular flexibility index (Phi) is 4.32. The van der Waals surface area contributed by atoms with E-state index in [-0.39, 0.29) is 5.92 Å². The Hall–Kier alpha value is -3.19. The number of para-hydroxylation sites is 2. The smallest absolute Gasteiger partial charge is 0.300 e. The zero-order valence-electron chi connectivity index (χ0n) is 16.1. The molecule has 29 heavy (non-hydrogen) atoms. The maximum atomic E-state index is 12.5. The van der Waals surface area contributed by atoms with Gasteiger partial charge in [0.2, 0.25) is 0 Å². The lowest BCUT2D eigenvalue weighted by Gasteiger charge is -2.33. The van der Waals surface area contributed by atoms with E-state index in [2.05, 4.69) is 9.88 Å². The molecular weight excluding hydrogens is 370 g/mol. The van der Waals surface area contributed by atoms with Gasteiger partial charge in [-0.1, -0.05) is 12.1 Å². The van der Waals surface area contributed by atoms with Gasteiger partial charge in [-0.25, -0.2) is 4.98 Å². The molecule has 3 heterocycles. The zero-order chi connectivity index (χ0) is 20.0. The van der Waals surface area contributed by atoms with Gasteiger partial charge in [-0.15, -0.1) is 0 Å². The lowest BCUT2D eigenvalue weighted by Crippen LogP contribution is -2.44. The van der Waals surface area contributed by atoms with Gasteiger partial charge in [0.1, 0.15) is 11.3 Å². The standard InChI is InChI=1S/C22H21N3O4/c1-28-15-6-7-16-18(12-15)25(22(27)20(16)26)13-24-10-8-14(9-11-24)21-23-17-4-2-3-5-19(17)29-21/h2-7,12,14H,8-11,13H2,1H3. The normalized spacial score (nSPS) is 17.9. The van der Waals surface area contributed by atoms with Gasteiger partial charge in [0.05, 0.1) is 25.0 Å². The molecule has 0 radical (unpaired) electrons. The van der Waals surface area contributed by atoms with E-state index in [4.69, 9.17) is 9.15 Å². The molecule has 1 aromatic heterocycles. The predicted molar refractivity (Wildman–Crippen MR) is 107 cm³/mol. The third kappa shape index (κ3) is 3.07. The van der Waals surface area contributed by atoms with Crippen LogP contribution in [0, 0.1) is 0 Å². The molecule has 0 saturated carbocycles. The Balaban J connectivity index is 1.28. The number of anilines is 1. The summed E-state index contributed by atoms with van der Waals surface area (Å²) >= 11 is 0. The number of ketones is 1. The number of Topliss-reactive ketones (excluding diaryl/α,β-unsaturated/α-hetero) is 1. The van der Waals surface area contributed by atoms with Gasteiger partial charge in [-0.2, -0.15) is 0 Å². The van der Waals surface area contributed by atoms with Gasteiger partial charge < -0.3 is 9.15 Å². The molecule has 0 aliphatic carbocycles. The molecule has 2 aliphatic heterocycles. The highest BCUT2D eigenvalue weighted by Crippen LogP contribution is 2.34. The highest BCUT2D eigenvalue weighted by molar-refractivity contribution is 6.52. The Morgan fingerprint density at radius 2 is 1.93 bits per heavy atom. The number of carbonyl (C=O) groups is 2. The maximum absolute atomic E-state index is 12.5. The lowest BCUT2D eigenvalue weighted by molar-refractivity contribution is -0.114. The van der Waals surface area contributed by atoms with E-state index in [1.54, 1.807) is 30.2 Å². The number of methoxy groups -OCH3 is 1. The SMILES string of the molecule is COc1ccc2c(c1)N(CN1CCC(c3nc4ccccc4o3)CC1)C(=O)C2=O. The fourth-order valence-electron chi connectivity index (χ4n) is 4.13. The first kappa shape index (κ1) is 17.9. The highest BCUT2D eigenvalue weighted by atomic mass is 16.5. The Morgan fingerprint density at radius 3 is 2.69 bits per heavy atom. The van der Waals surface area contributed by atoms with Crippen LogP contribution in [0.2, 0.25) is 0 Å². The second-order valence-electron chi connectivity index (χ2n) is 7.50. The van der Waals surface area contributed by atoms with Gasteiger partial charge in [0.15, 0.2) is 11.5 Å². The summed E-state index contributed by atoms with van der Waals surface area (Å²) in [6.45, 7) is 2.01. The van der Waals surface area contributed by atoms with Gasteiger partial charge >= 0.3 is 5.91 Å². The summed E-state index contributed by atoms with van der Waals surface area (Å²) in [5.74, 6) is 0.750. The second kappa shape index (κ2) is 7.00. The van der Waals surface area contributed by atoms with E-state index < -0.39 is 11.7 Å². The molecule has 3 aromatic rings. The maximum Gasteiger partial charge on any atom is 0.300 e. The summed E-state index contributed by atoms with van der Waals surface area (Å²) < 4.78 is 11.2. The average molecular weight is 391 g/mol. The summed E-state index contributed by atoms with van der Waals surface area (Å²) in [5.41, 5.74) is 2.77. The molecule has 1 fully saturated rings. The van der Waals surface area contributed by atoms with Gasteiger partial charge in [-0.3, -0.25) is 19.4 Å². The van der Waals surface area contributed by atoms with Crippen LogP contribution in [0.25, 0.3) is 11.1 Å². The first-order chi connectivity index (χ1) is 14.1. The number of benzene rings is 2. The van der Waals surface area contributed by atoms with E-state index in [9.17, 15) is 9.59 Å². The molecule has 0 spiro atoms. The first-order valence-corrected chi connectivity index (χ1v) is 9.76. The largest absolute Gasteiger partial charge is 0.497 e. The summed E-state index contributed by atoms with van der Waals surface area (Å²) in [4.78, 5) is 33.2. The Labute approximate surface area is 167 Å². The molecule has 0 N–H and O–H groups in total. The first-order valence-electron chi connectivity index (χ1n) is 9.76. The predicted octanol–water partition coefficient (Wildman–Crippen LogP) is 3.20. The molecule has 2 aromatic carbocycles.